The van der Waals surface area contributed by atoms with E-state index in [0.717, 1.165) is 247 Å². The van der Waals surface area contributed by atoms with Crippen LogP contribution in [0.5, 0.6) is 0 Å². The van der Waals surface area contributed by atoms with Gasteiger partial charge in [0.25, 0.3) is 10.3 Å². The van der Waals surface area contributed by atoms with Crippen molar-refractivity contribution >= 4 is 117 Å². The van der Waals surface area contributed by atoms with Crippen molar-refractivity contribution < 1.29 is 87.7 Å². The Balaban J connectivity index is 0.000000130. The van der Waals surface area contributed by atoms with E-state index in [1.165, 1.54) is 145 Å². The number of rotatable bonds is 32. The number of carbonyl (C=O) groups is 1. The average molecular weight is 2130 g/mol. The molecule has 0 radical (unpaired) electrons. The number of benzene rings is 4. The Hall–Kier alpha value is -6.58. The summed E-state index contributed by atoms with van der Waals surface area (Å²) in [6.45, 7) is 27.7. The second-order valence-electron chi connectivity index (χ2n) is 46.5. The van der Waals surface area contributed by atoms with Crippen molar-refractivity contribution in [2.45, 2.75) is 428 Å². The summed E-state index contributed by atoms with van der Waals surface area (Å²) < 4.78 is 127. The van der Waals surface area contributed by atoms with Gasteiger partial charge in [-0.15, -0.1) is 20.4 Å². The molecule has 4 aromatic carbocycles. The molecule has 786 valence electrons. The van der Waals surface area contributed by atoms with Gasteiger partial charge in [-0.1, -0.05) is 102 Å². The Morgan fingerprint density at radius 1 is 0.407 bits per heavy atom. The second-order valence-corrected chi connectivity index (χ2v) is 70.6. The monoisotopic (exact) mass is 2130 g/mol. The number of nitrogens with one attached hydrogen (secondary N) is 5. The van der Waals surface area contributed by atoms with Crippen molar-refractivity contribution in [1.29, 1.82) is 0 Å². The maximum absolute atomic E-state index is 14.0. The number of likely N-dealkylation sites (tertiary alicyclic amines) is 2. The number of hydrogen-bond donors (Lipinski definition) is 6. The standard InChI is InChI=1S/C30H47N5O3SSi.C26H40N4O4SSi.C24H33N5O2S.C20H30N4O3SSi.C6H8O.Na/c1-40(2,3)18-17-38-21-35-29(31-28-26-13-6-9-22(26)19-23-10-7-14-27(23)28)32-30(33-35)39(36,37)25-12-8-11-24(20-25)34-15-4-5-16-34;1-36(2,3)14-13-34-17-30-25(28-26(29-30)35(32,33)21-10-6-9-20(31)16-21)27-24-22-11-4-7-18(22)15-19-8-5-12-23(19)24;30-32(31,19-9-5-8-18(15-19)29-12-1-2-13-29)24-26-23(27-28-24)25-22-20-10-3-6-16(20)14-17-7-4-11-21(17)22;1-29(2,3)11-10-27-13-24-19(22-20(23-24)28(25)26)21-18-16-8-4-6-14(16)12-15-7-5-9-17(15)18;7-6-4-2-1-3-5-6;/h19,24-25H,4-18,20-21H2,1-3H3,(H,31,32,33);15,20-21,31H,4-14,16-17H2,1-3H3,(H,27,28,29);14,18-19H,1-13,15H2,(H2,25,26,27,28);12H,4-11,13H2,1-3H3,(H,25,26)(H,21,22,23);2,4H,1,3,5H2;/q;;;;;+1/p-1. The Morgan fingerprint density at radius 2 is 0.738 bits per heavy atom. The zero-order valence-electron chi connectivity index (χ0n) is 87.8. The number of aliphatic hydroxyl groups is 1. The molecule has 8 aromatic rings. The molecule has 3 saturated carbocycles. The van der Waals surface area contributed by atoms with E-state index in [-0.39, 0.29) is 87.8 Å². The zero-order valence-corrected chi connectivity index (χ0v) is 96.1. The number of aromatic amines is 1. The summed E-state index contributed by atoms with van der Waals surface area (Å²) in [6, 6.07) is 13.4. The van der Waals surface area contributed by atoms with Crippen LogP contribution in [0.4, 0.5) is 46.5 Å². The van der Waals surface area contributed by atoms with E-state index in [1.54, 1.807) is 15.4 Å². The van der Waals surface area contributed by atoms with Crippen LogP contribution in [-0.2, 0) is 183 Å². The van der Waals surface area contributed by atoms with Crippen LogP contribution in [-0.4, -0.2) is 218 Å². The Kier molecular flexibility index (Phi) is 36.4. The van der Waals surface area contributed by atoms with Gasteiger partial charge in [0.15, 0.2) is 5.78 Å². The van der Waals surface area contributed by atoms with E-state index in [4.69, 9.17) is 19.2 Å². The van der Waals surface area contributed by atoms with Gasteiger partial charge in [0.2, 0.25) is 63.6 Å². The van der Waals surface area contributed by atoms with Gasteiger partial charge in [0.05, 0.1) is 21.9 Å². The van der Waals surface area contributed by atoms with Crippen LogP contribution in [0.15, 0.2) is 57.0 Å². The van der Waals surface area contributed by atoms with Crippen LogP contribution in [0.3, 0.4) is 0 Å². The quantitative estimate of drug-likeness (QED) is 0.0130. The Morgan fingerprint density at radius 3 is 1.06 bits per heavy atom. The normalized spacial score (nSPS) is 21.9. The number of ether oxygens (including phenoxy) is 3. The molecule has 31 nitrogen and oxygen atoms in total. The molecule has 2 aliphatic heterocycles. The van der Waals surface area contributed by atoms with Gasteiger partial charge in [-0.2, -0.15) is 19.9 Å². The van der Waals surface area contributed by atoms with Crippen LogP contribution >= 0.6 is 0 Å². The van der Waals surface area contributed by atoms with Crippen molar-refractivity contribution in [2.24, 2.45) is 0 Å². The number of carbonyl (C=O) groups excluding carboxylic acids is 1. The van der Waals surface area contributed by atoms with Crippen LogP contribution in [0, 0.1) is 0 Å². The number of fused-ring (bicyclic) bond motifs is 8. The molecule has 2 saturated heterocycles. The van der Waals surface area contributed by atoms with Crippen molar-refractivity contribution in [2.75, 3.05) is 67.3 Å². The van der Waals surface area contributed by atoms with Crippen LogP contribution in [0.2, 0.25) is 77.1 Å². The third-order valence-corrected chi connectivity index (χ3v) is 43.9. The molecule has 6 heterocycles. The second kappa shape index (κ2) is 48.2. The maximum Gasteiger partial charge on any atom is 1.00 e. The third kappa shape index (κ3) is 26.8. The number of hydrogen-bond acceptors (Lipinski definition) is 27. The largest absolute Gasteiger partial charge is 1.00 e. The van der Waals surface area contributed by atoms with E-state index >= 15 is 0 Å². The van der Waals surface area contributed by atoms with E-state index < -0.39 is 81.4 Å². The molecule has 39 heteroatoms. The van der Waals surface area contributed by atoms with E-state index in [2.05, 4.69) is 155 Å². The van der Waals surface area contributed by atoms with Crippen molar-refractivity contribution in [3.63, 3.8) is 0 Å². The summed E-state index contributed by atoms with van der Waals surface area (Å²) in [4.78, 5) is 33.3. The number of aryl methyl sites for hydroxylation is 8. The van der Waals surface area contributed by atoms with Gasteiger partial charge in [0, 0.05) is 96.4 Å². The summed E-state index contributed by atoms with van der Waals surface area (Å²) in [7, 11) is -14.6. The van der Waals surface area contributed by atoms with E-state index in [0.29, 0.717) is 94.2 Å². The number of aliphatic hydroxyl groups excluding tert-OH is 1. The first-order valence-corrected chi connectivity index (χ1v) is 71.4. The average Bonchev–Trinajstić information content (AvgIpc) is 1.63. The van der Waals surface area contributed by atoms with Gasteiger partial charge in [-0.3, -0.25) is 9.00 Å². The molecular formula is C106H157N18NaO13S4Si3. The molecule has 5 fully saturated rings. The van der Waals surface area contributed by atoms with E-state index in [1.807, 2.05) is 6.08 Å². The topological polar surface area (TPSA) is 396 Å². The zero-order chi connectivity index (χ0) is 101. The summed E-state index contributed by atoms with van der Waals surface area (Å²) >= 11 is -2.48. The smallest absolute Gasteiger partial charge is 0.766 e. The fraction of sp³-hybridized carbons (Fsp3) is 0.670. The molecule has 0 amide bonds. The number of H-pyrrole nitrogens is 1. The first-order chi connectivity index (χ1) is 69.1. The molecule has 7 atom stereocenters. The summed E-state index contributed by atoms with van der Waals surface area (Å²) in [5.41, 5.74) is 26.8. The molecule has 12 aliphatic carbocycles. The predicted molar refractivity (Wildman–Crippen MR) is 573 cm³/mol. The molecule has 145 heavy (non-hydrogen) atoms. The van der Waals surface area contributed by atoms with Gasteiger partial charge in [0.1, 0.15) is 20.2 Å². The number of anilines is 8. The first kappa shape index (κ1) is 110. The van der Waals surface area contributed by atoms with Gasteiger partial charge < -0.3 is 54.9 Å². The minimum absolute atomic E-state index is 0. The van der Waals surface area contributed by atoms with Gasteiger partial charge in [-0.25, -0.2) is 44.4 Å². The first-order valence-electron chi connectivity index (χ1n) is 54.5. The number of sulfone groups is 3. The van der Waals surface area contributed by atoms with Crippen molar-refractivity contribution in [1.82, 2.24) is 69.3 Å². The molecule has 4 aromatic heterocycles. The van der Waals surface area contributed by atoms with Crippen LogP contribution < -0.4 is 50.8 Å². The molecule has 6 N–H and O–H groups in total. The van der Waals surface area contributed by atoms with Crippen molar-refractivity contribution in [3.8, 4) is 0 Å². The fourth-order valence-electron chi connectivity index (χ4n) is 24.4. The van der Waals surface area contributed by atoms with Crippen LogP contribution in [0.25, 0.3) is 0 Å². The maximum atomic E-state index is 14.0. The minimum atomic E-state index is -3.76. The van der Waals surface area contributed by atoms with Crippen LogP contribution in [0.1, 0.15) is 262 Å². The SMILES string of the molecule is C[Si](C)(C)CCOCn1nc(S(=O)(=O)C2CCCC(N3CCCC3)C2)nc1Nc1c2c(cc3c1CCC3)CCC2.C[Si](C)(C)CCOCn1nc(S(=O)(=O)C2CCCC(O)C2)nc1Nc1c2c(cc3c1CCC3)CCC2.C[Si](C)(C)CCOCn1nc(S(=O)[O-])nc1Nc1c2c(cc3c1CCC3)CCC2.O=C1C=CCCC1.O=S(=O)(c1nc(Nc2c3c(cc4c2CCC4)CCC3)n[nH]1)C1CCCC(N2CCCC2)C1.[Na+]. The number of allylic oxidation sites excluding steroid dienone is 2. The number of ketones is 1. The molecule has 22 rings (SSSR count). The summed E-state index contributed by atoms with van der Waals surface area (Å²) in [6.07, 6.45) is 46.5. The summed E-state index contributed by atoms with van der Waals surface area (Å²) in [5.74, 6) is 2.02. The molecule has 0 bridgehead atoms. The van der Waals surface area contributed by atoms with Crippen molar-refractivity contribution in [3.05, 3.63) is 125 Å². The molecule has 7 unspecified atom stereocenters. The predicted octanol–water partition coefficient (Wildman–Crippen LogP) is 15.4. The van der Waals surface area contributed by atoms with Gasteiger partial charge in [-0.05, 0) is 396 Å². The van der Waals surface area contributed by atoms with E-state index in [9.17, 15) is 43.9 Å². The molecule has 0 spiro atoms. The Bertz CT molecular complexity index is 6210. The number of nitrogens with zero attached hydrogens (tertiary/aromatic N) is 13. The fourth-order valence-corrected chi connectivity index (χ4v) is 32.0. The summed E-state index contributed by atoms with van der Waals surface area (Å²) in [5, 5.41) is 42.6. The van der Waals surface area contributed by atoms with Gasteiger partial charge >= 0.3 is 29.6 Å². The molecule has 14 aliphatic rings. The third-order valence-electron chi connectivity index (χ3n) is 32.3. The number of aromatic nitrogens is 12. The Labute approximate surface area is 887 Å². The molecular weight excluding hydrogens is 1970 g/mol. The minimum Gasteiger partial charge on any atom is -0.766 e.